The highest BCUT2D eigenvalue weighted by Crippen LogP contribution is 2.34. The van der Waals surface area contributed by atoms with Crippen molar-refractivity contribution in [2.45, 2.75) is 26.2 Å². The maximum Gasteiger partial charge on any atom is 0.173 e. The maximum atomic E-state index is 13.9. The van der Waals surface area contributed by atoms with Gasteiger partial charge >= 0.3 is 0 Å². The second kappa shape index (κ2) is 6.33. The van der Waals surface area contributed by atoms with Crippen molar-refractivity contribution in [1.82, 2.24) is 0 Å². The Hall–Kier alpha value is -2.16. The monoisotopic (exact) mass is 272 g/mol. The lowest BCUT2D eigenvalue weighted by atomic mass is 9.98. The molecule has 2 nitrogen and oxygen atoms in total. The van der Waals surface area contributed by atoms with E-state index in [4.69, 9.17) is 4.74 Å². The molecule has 0 saturated carbocycles. The minimum absolute atomic E-state index is 0.0155. The number of hydrogen-bond acceptors (Lipinski definition) is 2. The molecular weight excluding hydrogens is 255 g/mol. The van der Waals surface area contributed by atoms with E-state index in [1.807, 2.05) is 18.2 Å². The average molecular weight is 272 g/mol. The molecule has 0 N–H and O–H groups in total. The third-order valence-corrected chi connectivity index (χ3v) is 3.40. The molecule has 0 aliphatic heterocycles. The largest absolute Gasteiger partial charge is 0.453 e. The summed E-state index contributed by atoms with van der Waals surface area (Å²) in [5.74, 6) is 0.347. The summed E-state index contributed by atoms with van der Waals surface area (Å²) in [6.45, 7) is 4.17. The Morgan fingerprint density at radius 3 is 2.65 bits per heavy atom. The van der Waals surface area contributed by atoms with Crippen LogP contribution in [0.3, 0.4) is 0 Å². The maximum absolute atomic E-state index is 13.9. The molecule has 3 heteroatoms. The van der Waals surface area contributed by atoms with Gasteiger partial charge in [0.1, 0.15) is 5.75 Å². The van der Waals surface area contributed by atoms with E-state index in [2.05, 4.69) is 13.8 Å². The summed E-state index contributed by atoms with van der Waals surface area (Å²) in [5.41, 5.74) is 1.22. The van der Waals surface area contributed by atoms with Crippen molar-refractivity contribution in [3.05, 3.63) is 59.4 Å². The first kappa shape index (κ1) is 14.3. The van der Waals surface area contributed by atoms with Crippen molar-refractivity contribution < 1.29 is 13.9 Å². The van der Waals surface area contributed by atoms with E-state index >= 15 is 0 Å². The van der Waals surface area contributed by atoms with E-state index in [1.54, 1.807) is 6.07 Å². The van der Waals surface area contributed by atoms with Crippen LogP contribution in [0, 0.1) is 5.82 Å². The van der Waals surface area contributed by atoms with Gasteiger partial charge in [0.25, 0.3) is 0 Å². The molecule has 1 atom stereocenters. The van der Waals surface area contributed by atoms with Gasteiger partial charge in [-0.2, -0.15) is 0 Å². The molecule has 0 saturated heterocycles. The van der Waals surface area contributed by atoms with Gasteiger partial charge in [0, 0.05) is 0 Å². The summed E-state index contributed by atoms with van der Waals surface area (Å²) in [6.07, 6.45) is 1.56. The fourth-order valence-corrected chi connectivity index (χ4v) is 2.04. The molecular formula is C17H17FO2. The predicted molar refractivity (Wildman–Crippen MR) is 77.0 cm³/mol. The molecule has 104 valence electrons. The van der Waals surface area contributed by atoms with E-state index in [-0.39, 0.29) is 11.3 Å². The number of para-hydroxylation sites is 2. The molecule has 0 fully saturated rings. The van der Waals surface area contributed by atoms with Crippen LogP contribution in [0.5, 0.6) is 11.5 Å². The highest BCUT2D eigenvalue weighted by molar-refractivity contribution is 5.79. The van der Waals surface area contributed by atoms with Crippen molar-refractivity contribution in [2.75, 3.05) is 0 Å². The highest BCUT2D eigenvalue weighted by Gasteiger charge is 2.14. The van der Waals surface area contributed by atoms with Crippen LogP contribution in [-0.2, 0) is 0 Å². The van der Waals surface area contributed by atoms with Crippen LogP contribution < -0.4 is 4.74 Å². The number of carbonyl (C=O) groups excluding carboxylic acids is 1. The highest BCUT2D eigenvalue weighted by atomic mass is 19.1. The Balaban J connectivity index is 2.43. The molecule has 0 amide bonds. The molecule has 0 aliphatic carbocycles. The Labute approximate surface area is 118 Å². The van der Waals surface area contributed by atoms with Gasteiger partial charge in [0.15, 0.2) is 17.9 Å². The molecule has 0 bridgehead atoms. The summed E-state index contributed by atoms with van der Waals surface area (Å²) < 4.78 is 19.5. The first-order valence-electron chi connectivity index (χ1n) is 6.67. The first-order chi connectivity index (χ1) is 9.67. The topological polar surface area (TPSA) is 26.3 Å². The normalized spacial score (nSPS) is 11.9. The van der Waals surface area contributed by atoms with Crippen molar-refractivity contribution in [1.29, 1.82) is 0 Å². The number of carbonyl (C=O) groups is 1. The molecule has 2 rings (SSSR count). The standard InChI is InChI=1S/C17H17FO2/c1-3-12(2)14-8-4-5-10-16(14)20-17-13(11-19)7-6-9-15(17)18/h4-12H,3H2,1-2H3. The molecule has 2 aromatic rings. The zero-order valence-electron chi connectivity index (χ0n) is 11.6. The van der Waals surface area contributed by atoms with E-state index in [0.29, 0.717) is 18.0 Å². The first-order valence-corrected chi connectivity index (χ1v) is 6.67. The van der Waals surface area contributed by atoms with Crippen LogP contribution >= 0.6 is 0 Å². The van der Waals surface area contributed by atoms with Crippen molar-refractivity contribution in [2.24, 2.45) is 0 Å². The quantitative estimate of drug-likeness (QED) is 0.720. The Morgan fingerprint density at radius 1 is 1.20 bits per heavy atom. The lowest BCUT2D eigenvalue weighted by Crippen LogP contribution is -1.99. The van der Waals surface area contributed by atoms with E-state index < -0.39 is 5.82 Å². The minimum atomic E-state index is -0.534. The van der Waals surface area contributed by atoms with Crippen LogP contribution in [-0.4, -0.2) is 6.29 Å². The summed E-state index contributed by atoms with van der Waals surface area (Å²) >= 11 is 0. The SMILES string of the molecule is CCC(C)c1ccccc1Oc1c(F)cccc1C=O. The van der Waals surface area contributed by atoms with Gasteiger partial charge in [-0.1, -0.05) is 38.1 Å². The van der Waals surface area contributed by atoms with Crippen LogP contribution in [0.2, 0.25) is 0 Å². The molecule has 0 radical (unpaired) electrons. The lowest BCUT2D eigenvalue weighted by molar-refractivity contribution is 0.112. The molecule has 0 heterocycles. The number of halogens is 1. The van der Waals surface area contributed by atoms with Crippen LogP contribution in [0.25, 0.3) is 0 Å². The number of hydrogen-bond donors (Lipinski definition) is 0. The molecule has 0 aliphatic rings. The fraction of sp³-hybridized carbons (Fsp3) is 0.235. The van der Waals surface area contributed by atoms with Gasteiger partial charge < -0.3 is 4.74 Å². The fourth-order valence-electron chi connectivity index (χ4n) is 2.04. The van der Waals surface area contributed by atoms with Gasteiger partial charge in [-0.3, -0.25) is 4.79 Å². The molecule has 0 aromatic heterocycles. The second-order valence-electron chi connectivity index (χ2n) is 4.73. The zero-order chi connectivity index (χ0) is 14.5. The summed E-state index contributed by atoms with van der Waals surface area (Å²) in [4.78, 5) is 11.0. The smallest absolute Gasteiger partial charge is 0.173 e. The van der Waals surface area contributed by atoms with Crippen molar-refractivity contribution in [3.63, 3.8) is 0 Å². The zero-order valence-corrected chi connectivity index (χ0v) is 11.6. The number of ether oxygens (including phenoxy) is 1. The second-order valence-corrected chi connectivity index (χ2v) is 4.73. The van der Waals surface area contributed by atoms with Gasteiger partial charge in [0.2, 0.25) is 0 Å². The third-order valence-electron chi connectivity index (χ3n) is 3.40. The van der Waals surface area contributed by atoms with Gasteiger partial charge in [0.05, 0.1) is 5.56 Å². The van der Waals surface area contributed by atoms with Crippen LogP contribution in [0.4, 0.5) is 4.39 Å². The van der Waals surface area contributed by atoms with E-state index in [1.165, 1.54) is 18.2 Å². The van der Waals surface area contributed by atoms with Crippen molar-refractivity contribution >= 4 is 6.29 Å². The Kier molecular flexibility index (Phi) is 4.51. The molecule has 20 heavy (non-hydrogen) atoms. The Morgan fingerprint density at radius 2 is 1.95 bits per heavy atom. The van der Waals surface area contributed by atoms with Gasteiger partial charge in [-0.15, -0.1) is 0 Å². The van der Waals surface area contributed by atoms with Crippen LogP contribution in [0.15, 0.2) is 42.5 Å². The minimum Gasteiger partial charge on any atom is -0.453 e. The van der Waals surface area contributed by atoms with Crippen molar-refractivity contribution in [3.8, 4) is 11.5 Å². The predicted octanol–water partition coefficient (Wildman–Crippen LogP) is 4.94. The van der Waals surface area contributed by atoms with E-state index in [9.17, 15) is 9.18 Å². The third kappa shape index (κ3) is 2.87. The Bertz CT molecular complexity index is 608. The van der Waals surface area contributed by atoms with Gasteiger partial charge in [-0.25, -0.2) is 4.39 Å². The average Bonchev–Trinajstić information content (AvgIpc) is 2.49. The number of rotatable bonds is 5. The summed E-state index contributed by atoms with van der Waals surface area (Å²) in [6, 6.07) is 11.8. The molecule has 2 aromatic carbocycles. The van der Waals surface area contributed by atoms with Crippen LogP contribution in [0.1, 0.15) is 42.1 Å². The van der Waals surface area contributed by atoms with E-state index in [0.717, 1.165) is 12.0 Å². The number of benzene rings is 2. The lowest BCUT2D eigenvalue weighted by Gasteiger charge is -2.16. The summed E-state index contributed by atoms with van der Waals surface area (Å²) in [7, 11) is 0. The molecule has 0 spiro atoms. The molecule has 1 unspecified atom stereocenters. The summed E-state index contributed by atoms with van der Waals surface area (Å²) in [5, 5.41) is 0. The number of aldehydes is 1. The van der Waals surface area contributed by atoms with Gasteiger partial charge in [-0.05, 0) is 36.1 Å².